The van der Waals surface area contributed by atoms with E-state index in [-0.39, 0.29) is 5.97 Å². The summed E-state index contributed by atoms with van der Waals surface area (Å²) in [5.41, 5.74) is 5.07. The molecule has 0 bridgehead atoms. The Balaban J connectivity index is 1.48. The van der Waals surface area contributed by atoms with Gasteiger partial charge >= 0.3 is 5.97 Å². The van der Waals surface area contributed by atoms with Gasteiger partial charge in [-0.3, -0.25) is 9.78 Å². The van der Waals surface area contributed by atoms with Crippen molar-refractivity contribution in [3.8, 4) is 11.1 Å². The Bertz CT molecular complexity index is 963. The van der Waals surface area contributed by atoms with Crippen molar-refractivity contribution < 1.29 is 14.3 Å². The number of aromatic nitrogens is 1. The zero-order chi connectivity index (χ0) is 20.1. The van der Waals surface area contributed by atoms with Crippen LogP contribution in [0.4, 0.5) is 0 Å². The standard InChI is InChI=1S/C25H25NO3/c1-2-29-24(27)25(13-14-25)22-11-9-20(10-12-22)23-8-4-3-7-21(23)18-28-17-19-6-5-15-26-16-19/h3-12,15-16H,2,13-14,17-18H2,1H3. The number of ether oxygens (including phenoxy) is 2. The Hall–Kier alpha value is -2.98. The highest BCUT2D eigenvalue weighted by atomic mass is 16.5. The van der Waals surface area contributed by atoms with E-state index >= 15 is 0 Å². The summed E-state index contributed by atoms with van der Waals surface area (Å²) < 4.78 is 11.2. The molecule has 0 aliphatic heterocycles. The molecule has 29 heavy (non-hydrogen) atoms. The lowest BCUT2D eigenvalue weighted by molar-refractivity contribution is -0.146. The fraction of sp³-hybridized carbons (Fsp3) is 0.280. The molecule has 0 unspecified atom stereocenters. The quantitative estimate of drug-likeness (QED) is 0.507. The van der Waals surface area contributed by atoms with Crippen molar-refractivity contribution in [2.45, 2.75) is 38.4 Å². The van der Waals surface area contributed by atoms with Crippen LogP contribution >= 0.6 is 0 Å². The van der Waals surface area contributed by atoms with Crippen LogP contribution in [-0.2, 0) is 32.9 Å². The maximum absolute atomic E-state index is 12.3. The minimum Gasteiger partial charge on any atom is -0.465 e. The third-order valence-corrected chi connectivity index (χ3v) is 5.43. The van der Waals surface area contributed by atoms with E-state index in [2.05, 4.69) is 41.4 Å². The second kappa shape index (κ2) is 8.58. The van der Waals surface area contributed by atoms with Crippen LogP contribution in [0.15, 0.2) is 73.1 Å². The normalized spacial score (nSPS) is 14.4. The second-order valence-corrected chi connectivity index (χ2v) is 7.39. The van der Waals surface area contributed by atoms with Gasteiger partial charge < -0.3 is 9.47 Å². The molecular formula is C25H25NO3. The predicted octanol–water partition coefficient (Wildman–Crippen LogP) is 5.06. The van der Waals surface area contributed by atoms with E-state index in [0.717, 1.165) is 40.7 Å². The first kappa shape index (κ1) is 19.3. The molecule has 1 heterocycles. The Labute approximate surface area is 171 Å². The van der Waals surface area contributed by atoms with Crippen LogP contribution in [0.2, 0.25) is 0 Å². The van der Waals surface area contributed by atoms with Gasteiger partial charge in [-0.2, -0.15) is 0 Å². The van der Waals surface area contributed by atoms with Gasteiger partial charge in [0.05, 0.1) is 25.2 Å². The van der Waals surface area contributed by atoms with Gasteiger partial charge in [-0.05, 0) is 53.6 Å². The maximum atomic E-state index is 12.3. The van der Waals surface area contributed by atoms with E-state index in [1.807, 2.05) is 37.4 Å². The molecule has 0 atom stereocenters. The highest BCUT2D eigenvalue weighted by Crippen LogP contribution is 2.49. The molecule has 1 aliphatic rings. The highest BCUT2D eigenvalue weighted by Gasteiger charge is 2.52. The van der Waals surface area contributed by atoms with Gasteiger partial charge in [-0.15, -0.1) is 0 Å². The molecule has 0 amide bonds. The van der Waals surface area contributed by atoms with Crippen LogP contribution in [0.5, 0.6) is 0 Å². The van der Waals surface area contributed by atoms with Crippen molar-refractivity contribution in [3.63, 3.8) is 0 Å². The summed E-state index contributed by atoms with van der Waals surface area (Å²) in [6.07, 6.45) is 5.31. The van der Waals surface area contributed by atoms with Gasteiger partial charge in [-0.25, -0.2) is 0 Å². The highest BCUT2D eigenvalue weighted by molar-refractivity contribution is 5.87. The number of carbonyl (C=O) groups excluding carboxylic acids is 1. The molecule has 4 nitrogen and oxygen atoms in total. The fourth-order valence-corrected chi connectivity index (χ4v) is 3.66. The molecule has 1 fully saturated rings. The van der Waals surface area contributed by atoms with Gasteiger partial charge in [0.25, 0.3) is 0 Å². The largest absolute Gasteiger partial charge is 0.465 e. The summed E-state index contributed by atoms with van der Waals surface area (Å²) in [4.78, 5) is 16.4. The molecule has 0 radical (unpaired) electrons. The number of pyridine rings is 1. The average Bonchev–Trinajstić information content (AvgIpc) is 3.57. The van der Waals surface area contributed by atoms with Crippen molar-refractivity contribution in [1.29, 1.82) is 0 Å². The number of carbonyl (C=O) groups is 1. The summed E-state index contributed by atoms with van der Waals surface area (Å²) in [6.45, 7) is 3.33. The van der Waals surface area contributed by atoms with Gasteiger partial charge in [0, 0.05) is 12.4 Å². The Kier molecular flexibility index (Phi) is 5.72. The topological polar surface area (TPSA) is 48.4 Å². The third kappa shape index (κ3) is 4.22. The molecule has 0 spiro atoms. The second-order valence-electron chi connectivity index (χ2n) is 7.39. The fourth-order valence-electron chi connectivity index (χ4n) is 3.66. The molecular weight excluding hydrogens is 362 g/mol. The summed E-state index contributed by atoms with van der Waals surface area (Å²) >= 11 is 0. The smallest absolute Gasteiger partial charge is 0.316 e. The first-order valence-electron chi connectivity index (χ1n) is 10.1. The molecule has 0 N–H and O–H groups in total. The van der Waals surface area contributed by atoms with E-state index < -0.39 is 5.41 Å². The number of nitrogens with zero attached hydrogens (tertiary/aromatic N) is 1. The van der Waals surface area contributed by atoms with E-state index in [0.29, 0.717) is 19.8 Å². The van der Waals surface area contributed by atoms with Crippen LogP contribution in [0, 0.1) is 0 Å². The van der Waals surface area contributed by atoms with Crippen LogP contribution in [0.25, 0.3) is 11.1 Å². The Morgan fingerprint density at radius 3 is 2.48 bits per heavy atom. The number of benzene rings is 2. The zero-order valence-electron chi connectivity index (χ0n) is 16.6. The first-order chi connectivity index (χ1) is 14.2. The van der Waals surface area contributed by atoms with Crippen LogP contribution in [0.1, 0.15) is 36.5 Å². The van der Waals surface area contributed by atoms with Gasteiger partial charge in [0.2, 0.25) is 0 Å². The summed E-state index contributed by atoms with van der Waals surface area (Å²) in [6, 6.07) is 20.5. The van der Waals surface area contributed by atoms with Gasteiger partial charge in [0.15, 0.2) is 0 Å². The number of rotatable bonds is 8. The van der Waals surface area contributed by atoms with Crippen LogP contribution in [0.3, 0.4) is 0 Å². The van der Waals surface area contributed by atoms with Crippen LogP contribution < -0.4 is 0 Å². The average molecular weight is 387 g/mol. The summed E-state index contributed by atoms with van der Waals surface area (Å²) in [5, 5.41) is 0. The zero-order valence-corrected chi connectivity index (χ0v) is 16.6. The Morgan fingerprint density at radius 2 is 1.79 bits per heavy atom. The van der Waals surface area contributed by atoms with Crippen molar-refractivity contribution in [2.75, 3.05) is 6.61 Å². The first-order valence-corrected chi connectivity index (χ1v) is 10.1. The lowest BCUT2D eigenvalue weighted by Crippen LogP contribution is -2.23. The number of hydrogen-bond donors (Lipinski definition) is 0. The minimum atomic E-state index is -0.430. The number of hydrogen-bond acceptors (Lipinski definition) is 4. The molecule has 1 aromatic heterocycles. The summed E-state index contributed by atoms with van der Waals surface area (Å²) in [5.74, 6) is -0.100. The third-order valence-electron chi connectivity index (χ3n) is 5.43. The lowest BCUT2D eigenvalue weighted by atomic mass is 9.92. The molecule has 3 aromatic rings. The van der Waals surface area contributed by atoms with Gasteiger partial charge in [-0.1, -0.05) is 54.6 Å². The maximum Gasteiger partial charge on any atom is 0.316 e. The lowest BCUT2D eigenvalue weighted by Gasteiger charge is -2.15. The molecule has 4 rings (SSSR count). The molecule has 1 saturated carbocycles. The monoisotopic (exact) mass is 387 g/mol. The van der Waals surface area contributed by atoms with Crippen molar-refractivity contribution in [2.24, 2.45) is 0 Å². The minimum absolute atomic E-state index is 0.100. The SMILES string of the molecule is CCOC(=O)C1(c2ccc(-c3ccccc3COCc3cccnc3)cc2)CC1. The molecule has 148 valence electrons. The van der Waals surface area contributed by atoms with E-state index in [1.54, 1.807) is 6.20 Å². The summed E-state index contributed by atoms with van der Waals surface area (Å²) in [7, 11) is 0. The van der Waals surface area contributed by atoms with E-state index in [4.69, 9.17) is 9.47 Å². The number of esters is 1. The van der Waals surface area contributed by atoms with E-state index in [9.17, 15) is 4.79 Å². The molecule has 2 aromatic carbocycles. The van der Waals surface area contributed by atoms with Gasteiger partial charge in [0.1, 0.15) is 0 Å². The molecule has 4 heteroatoms. The Morgan fingerprint density at radius 1 is 1.00 bits per heavy atom. The van der Waals surface area contributed by atoms with Crippen molar-refractivity contribution in [1.82, 2.24) is 4.98 Å². The predicted molar refractivity (Wildman–Crippen MR) is 112 cm³/mol. The van der Waals surface area contributed by atoms with Crippen molar-refractivity contribution in [3.05, 3.63) is 89.7 Å². The molecule has 0 saturated heterocycles. The van der Waals surface area contributed by atoms with E-state index in [1.165, 1.54) is 0 Å². The van der Waals surface area contributed by atoms with Crippen molar-refractivity contribution >= 4 is 5.97 Å². The van der Waals surface area contributed by atoms with Crippen LogP contribution in [-0.4, -0.2) is 17.6 Å². The molecule has 1 aliphatic carbocycles.